The molecule has 0 heterocycles. The van der Waals surface area contributed by atoms with E-state index in [1.165, 1.54) is 12.1 Å². The number of carboxylic acid groups (broad SMARTS) is 1. The molecule has 0 radical (unpaired) electrons. The number of hydrogen-bond acceptors (Lipinski definition) is 6. The van der Waals surface area contributed by atoms with Crippen LogP contribution in [0.3, 0.4) is 0 Å². The molecule has 150 valence electrons. The Morgan fingerprint density at radius 1 is 1.22 bits per heavy atom. The number of amides is 2. The predicted octanol–water partition coefficient (Wildman–Crippen LogP) is -0.782. The molecule has 0 saturated carbocycles. The van der Waals surface area contributed by atoms with E-state index in [0.717, 1.165) is 5.56 Å². The van der Waals surface area contributed by atoms with Gasteiger partial charge in [0.1, 0.15) is 6.54 Å². The average molecular weight is 379 g/mol. The molecule has 0 bridgehead atoms. The first-order valence-electron chi connectivity index (χ1n) is 8.84. The van der Waals surface area contributed by atoms with Crippen molar-refractivity contribution in [1.82, 2.24) is 15.8 Å². The Labute approximate surface area is 159 Å². The molecule has 9 nitrogen and oxygen atoms in total. The number of rotatable bonds is 12. The van der Waals surface area contributed by atoms with Crippen LogP contribution in [-0.4, -0.2) is 60.1 Å². The first kappa shape index (κ1) is 22.6. The van der Waals surface area contributed by atoms with Crippen LogP contribution < -0.4 is 22.2 Å². The summed E-state index contributed by atoms with van der Waals surface area (Å²) in [5.41, 5.74) is 14.9. The fraction of sp³-hybridized carbons (Fsp3) is 0.500. The van der Waals surface area contributed by atoms with Gasteiger partial charge in [0.05, 0.1) is 6.04 Å². The number of hydrogen-bond donors (Lipinski definition) is 5. The number of nitrogens with one attached hydrogen (secondary N) is 2. The lowest BCUT2D eigenvalue weighted by molar-refractivity contribution is -0.139. The molecule has 2 amide bonds. The van der Waals surface area contributed by atoms with Gasteiger partial charge >= 0.3 is 5.97 Å². The molecule has 0 aliphatic rings. The minimum Gasteiger partial charge on any atom is -0.480 e. The van der Waals surface area contributed by atoms with Crippen molar-refractivity contribution in [1.29, 1.82) is 0 Å². The van der Waals surface area contributed by atoms with Gasteiger partial charge in [0.15, 0.2) is 0 Å². The second-order valence-corrected chi connectivity index (χ2v) is 6.42. The number of carboxylic acids is 1. The maximum Gasteiger partial charge on any atom is 0.319 e. The highest BCUT2D eigenvalue weighted by molar-refractivity contribution is 5.83. The highest BCUT2D eigenvalue weighted by Gasteiger charge is 2.21. The van der Waals surface area contributed by atoms with Crippen LogP contribution >= 0.6 is 0 Å². The second kappa shape index (κ2) is 12.0. The molecular weight excluding hydrogens is 350 g/mol. The van der Waals surface area contributed by atoms with Crippen LogP contribution in [0.25, 0.3) is 0 Å². The van der Waals surface area contributed by atoms with Gasteiger partial charge in [0, 0.05) is 19.5 Å². The Kier molecular flexibility index (Phi) is 10.0. The van der Waals surface area contributed by atoms with E-state index in [1.807, 2.05) is 30.3 Å². The van der Waals surface area contributed by atoms with Crippen molar-refractivity contribution in [3.05, 3.63) is 35.9 Å². The van der Waals surface area contributed by atoms with Gasteiger partial charge in [-0.25, -0.2) is 5.01 Å². The van der Waals surface area contributed by atoms with Crippen molar-refractivity contribution < 1.29 is 19.5 Å². The number of carbonyl (C=O) groups excluding carboxylic acids is 2. The summed E-state index contributed by atoms with van der Waals surface area (Å²) in [5.74, 6) is -1.79. The van der Waals surface area contributed by atoms with Crippen molar-refractivity contribution in [2.75, 3.05) is 20.1 Å². The van der Waals surface area contributed by atoms with Crippen LogP contribution in [0.15, 0.2) is 30.3 Å². The van der Waals surface area contributed by atoms with E-state index in [0.29, 0.717) is 25.8 Å². The number of benzene rings is 1. The van der Waals surface area contributed by atoms with Gasteiger partial charge in [-0.05, 0) is 31.4 Å². The average Bonchev–Trinajstić information content (AvgIpc) is 2.59. The molecule has 0 aromatic heterocycles. The number of aliphatic carboxylic acids is 1. The third-order valence-corrected chi connectivity index (χ3v) is 3.86. The first-order valence-corrected chi connectivity index (χ1v) is 8.84. The Hall–Kier alpha value is -2.49. The minimum absolute atomic E-state index is 0.00769. The van der Waals surface area contributed by atoms with E-state index in [2.05, 4.69) is 10.7 Å². The summed E-state index contributed by atoms with van der Waals surface area (Å²) < 4.78 is 0. The summed E-state index contributed by atoms with van der Waals surface area (Å²) in [5, 5.41) is 12.7. The van der Waals surface area contributed by atoms with Crippen molar-refractivity contribution >= 4 is 17.8 Å². The minimum atomic E-state index is -1.06. The molecule has 27 heavy (non-hydrogen) atoms. The lowest BCUT2D eigenvalue weighted by Gasteiger charge is -2.22. The normalized spacial score (nSPS) is 13.0. The standard InChI is InChI=1S/C18H29N5O4/c1-23(12-17(25)26)22-16(24)11-14(8-5-9-19)21-18(27)15(20)10-13-6-3-2-4-7-13/h2-4,6-7,14-15H,5,8-12,19-20H2,1H3,(H,21,27)(H,22,24)(H,25,26)/t14-,15-/m0/s1. The molecule has 0 spiro atoms. The van der Waals surface area contributed by atoms with E-state index in [9.17, 15) is 14.4 Å². The quantitative estimate of drug-likeness (QED) is 0.299. The predicted molar refractivity (Wildman–Crippen MR) is 101 cm³/mol. The third kappa shape index (κ3) is 9.69. The monoisotopic (exact) mass is 379 g/mol. The largest absolute Gasteiger partial charge is 0.480 e. The Morgan fingerprint density at radius 2 is 1.89 bits per heavy atom. The maximum atomic E-state index is 12.4. The van der Waals surface area contributed by atoms with Crippen molar-refractivity contribution in [2.45, 2.75) is 37.8 Å². The molecule has 1 aromatic carbocycles. The van der Waals surface area contributed by atoms with Crippen molar-refractivity contribution in [2.24, 2.45) is 11.5 Å². The molecule has 0 aliphatic carbocycles. The summed E-state index contributed by atoms with van der Waals surface area (Å²) in [6, 6.07) is 8.27. The van der Waals surface area contributed by atoms with Gasteiger partial charge in [-0.15, -0.1) is 0 Å². The molecule has 0 saturated heterocycles. The zero-order valence-corrected chi connectivity index (χ0v) is 15.6. The van der Waals surface area contributed by atoms with Gasteiger partial charge in [0.2, 0.25) is 11.8 Å². The molecule has 2 atom stereocenters. The summed E-state index contributed by atoms with van der Waals surface area (Å²) in [4.78, 5) is 35.1. The lowest BCUT2D eigenvalue weighted by Crippen LogP contribution is -2.49. The Bertz CT molecular complexity index is 611. The van der Waals surface area contributed by atoms with Crippen LogP contribution in [0.5, 0.6) is 0 Å². The molecule has 9 heteroatoms. The molecule has 0 fully saturated rings. The maximum absolute atomic E-state index is 12.4. The van der Waals surface area contributed by atoms with E-state index < -0.39 is 24.0 Å². The van der Waals surface area contributed by atoms with E-state index in [4.69, 9.17) is 16.6 Å². The fourth-order valence-electron chi connectivity index (χ4n) is 2.58. The molecule has 1 aromatic rings. The molecule has 0 unspecified atom stereocenters. The summed E-state index contributed by atoms with van der Waals surface area (Å²) >= 11 is 0. The number of likely N-dealkylation sites (N-methyl/N-ethyl adjacent to an activating group) is 1. The zero-order chi connectivity index (χ0) is 20.2. The third-order valence-electron chi connectivity index (χ3n) is 3.86. The summed E-state index contributed by atoms with van der Waals surface area (Å²) in [7, 11) is 1.45. The highest BCUT2D eigenvalue weighted by atomic mass is 16.4. The second-order valence-electron chi connectivity index (χ2n) is 6.42. The highest BCUT2D eigenvalue weighted by Crippen LogP contribution is 2.05. The van der Waals surface area contributed by atoms with Crippen LogP contribution in [0.1, 0.15) is 24.8 Å². The van der Waals surface area contributed by atoms with Gasteiger partial charge in [-0.3, -0.25) is 19.8 Å². The fourth-order valence-corrected chi connectivity index (χ4v) is 2.58. The molecule has 0 aliphatic heterocycles. The molecular formula is C18H29N5O4. The molecule has 7 N–H and O–H groups in total. The number of carbonyl (C=O) groups is 3. The van der Waals surface area contributed by atoms with Gasteiger partial charge in [-0.1, -0.05) is 30.3 Å². The molecule has 1 rings (SSSR count). The number of hydrazine groups is 1. The van der Waals surface area contributed by atoms with Crippen LogP contribution in [-0.2, 0) is 20.8 Å². The Morgan fingerprint density at radius 3 is 2.48 bits per heavy atom. The van der Waals surface area contributed by atoms with Gasteiger partial charge < -0.3 is 21.9 Å². The van der Waals surface area contributed by atoms with E-state index >= 15 is 0 Å². The number of nitrogens with two attached hydrogens (primary N) is 2. The zero-order valence-electron chi connectivity index (χ0n) is 15.6. The summed E-state index contributed by atoms with van der Waals surface area (Å²) in [6.45, 7) is 0.108. The van der Waals surface area contributed by atoms with Crippen LogP contribution in [0, 0.1) is 0 Å². The summed E-state index contributed by atoms with van der Waals surface area (Å²) in [6.07, 6.45) is 1.56. The van der Waals surface area contributed by atoms with E-state index in [-0.39, 0.29) is 18.9 Å². The lowest BCUT2D eigenvalue weighted by atomic mass is 10.0. The number of nitrogens with zero attached hydrogens (tertiary/aromatic N) is 1. The Balaban J connectivity index is 2.57. The van der Waals surface area contributed by atoms with Crippen molar-refractivity contribution in [3.63, 3.8) is 0 Å². The van der Waals surface area contributed by atoms with Crippen LogP contribution in [0.2, 0.25) is 0 Å². The SMILES string of the molecule is CN(CC(=O)O)NC(=O)C[C@H](CCCN)NC(=O)[C@@H](N)Cc1ccccc1. The van der Waals surface area contributed by atoms with Crippen LogP contribution in [0.4, 0.5) is 0 Å². The first-order chi connectivity index (χ1) is 12.8. The van der Waals surface area contributed by atoms with Gasteiger partial charge in [-0.2, -0.15) is 0 Å². The van der Waals surface area contributed by atoms with Crippen molar-refractivity contribution in [3.8, 4) is 0 Å². The topological polar surface area (TPSA) is 151 Å². The van der Waals surface area contributed by atoms with E-state index in [1.54, 1.807) is 0 Å². The smallest absolute Gasteiger partial charge is 0.319 e. The van der Waals surface area contributed by atoms with Gasteiger partial charge in [0.25, 0.3) is 0 Å².